The molecule has 1 aromatic heterocycles. The summed E-state index contributed by atoms with van der Waals surface area (Å²) in [7, 11) is 1.40. The first-order valence-corrected chi connectivity index (χ1v) is 3.36. The van der Waals surface area contributed by atoms with E-state index in [-0.39, 0.29) is 10.7 Å². The Bertz CT molecular complexity index is 339. The van der Waals surface area contributed by atoms with Gasteiger partial charge >= 0.3 is 0 Å². The Morgan fingerprint density at radius 2 is 2.25 bits per heavy atom. The number of halogens is 3. The number of aromatic nitrogens is 2. The van der Waals surface area contributed by atoms with Gasteiger partial charge in [0.1, 0.15) is 22.5 Å². The van der Waals surface area contributed by atoms with Crippen molar-refractivity contribution in [2.45, 2.75) is 6.43 Å². The summed E-state index contributed by atoms with van der Waals surface area (Å²) in [6.45, 7) is 0. The van der Waals surface area contributed by atoms with Crippen LogP contribution in [-0.2, 0) is 7.05 Å². The quantitative estimate of drug-likeness (QED) is 0.680. The summed E-state index contributed by atoms with van der Waals surface area (Å²) >= 11 is 5.50. The average molecular weight is 192 g/mol. The normalized spacial score (nSPS) is 10.3. The second-order valence-electron chi connectivity index (χ2n) is 2.09. The monoisotopic (exact) mass is 191 g/mol. The first kappa shape index (κ1) is 8.94. The predicted molar refractivity (Wildman–Crippen MR) is 37.9 cm³/mol. The maximum absolute atomic E-state index is 12.1. The molecule has 0 saturated heterocycles. The zero-order valence-electron chi connectivity index (χ0n) is 6.05. The van der Waals surface area contributed by atoms with Crippen LogP contribution in [0, 0.1) is 11.3 Å². The van der Waals surface area contributed by atoms with Crippen molar-refractivity contribution < 1.29 is 8.78 Å². The van der Waals surface area contributed by atoms with Gasteiger partial charge in [0.25, 0.3) is 6.43 Å². The van der Waals surface area contributed by atoms with Gasteiger partial charge < -0.3 is 0 Å². The molecule has 0 amide bonds. The van der Waals surface area contributed by atoms with E-state index in [4.69, 9.17) is 16.9 Å². The lowest BCUT2D eigenvalue weighted by molar-refractivity contribution is 0.145. The highest BCUT2D eigenvalue weighted by Gasteiger charge is 2.21. The molecule has 0 aromatic carbocycles. The molecular weight excluding hydrogens is 188 g/mol. The number of rotatable bonds is 1. The Morgan fingerprint density at radius 1 is 1.67 bits per heavy atom. The summed E-state index contributed by atoms with van der Waals surface area (Å²) in [5, 5.41) is 11.8. The molecule has 0 aliphatic carbocycles. The standard InChI is InChI=1S/C6H4ClF2N3/c1-12-5(7)3(2-10)4(11-12)6(8)9/h6H,1H3. The molecule has 0 unspecified atom stereocenters. The zero-order valence-corrected chi connectivity index (χ0v) is 6.81. The van der Waals surface area contributed by atoms with Crippen LogP contribution in [0.4, 0.5) is 8.78 Å². The van der Waals surface area contributed by atoms with Crippen molar-refractivity contribution in [3.63, 3.8) is 0 Å². The summed E-state index contributed by atoms with van der Waals surface area (Å²) in [6.07, 6.45) is -2.77. The third-order valence-electron chi connectivity index (χ3n) is 1.32. The molecule has 0 N–H and O–H groups in total. The van der Waals surface area contributed by atoms with E-state index in [0.717, 1.165) is 4.68 Å². The lowest BCUT2D eigenvalue weighted by atomic mass is 10.3. The van der Waals surface area contributed by atoms with Crippen LogP contribution in [0.2, 0.25) is 5.15 Å². The summed E-state index contributed by atoms with van der Waals surface area (Å²) in [5.74, 6) is 0. The van der Waals surface area contributed by atoms with Gasteiger partial charge in [-0.2, -0.15) is 10.4 Å². The minimum absolute atomic E-state index is 0.0622. The smallest absolute Gasteiger partial charge is 0.255 e. The van der Waals surface area contributed by atoms with Crippen LogP contribution in [0.25, 0.3) is 0 Å². The van der Waals surface area contributed by atoms with Crippen LogP contribution in [0.3, 0.4) is 0 Å². The summed E-state index contributed by atoms with van der Waals surface area (Å²) < 4.78 is 25.3. The molecule has 12 heavy (non-hydrogen) atoms. The van der Waals surface area contributed by atoms with Crippen molar-refractivity contribution in [1.29, 1.82) is 5.26 Å². The molecule has 1 aromatic rings. The molecule has 0 saturated carbocycles. The molecule has 1 rings (SSSR count). The summed E-state index contributed by atoms with van der Waals surface area (Å²) in [4.78, 5) is 0. The molecule has 0 bridgehead atoms. The van der Waals surface area contributed by atoms with Gasteiger partial charge in [-0.15, -0.1) is 0 Å². The Labute approximate surface area is 72.2 Å². The SMILES string of the molecule is Cn1nc(C(F)F)c(C#N)c1Cl. The topological polar surface area (TPSA) is 41.6 Å². The summed E-state index contributed by atoms with van der Waals surface area (Å²) in [5.41, 5.74) is -0.820. The van der Waals surface area contributed by atoms with Crippen LogP contribution < -0.4 is 0 Å². The van der Waals surface area contributed by atoms with E-state index in [0.29, 0.717) is 0 Å². The molecule has 6 heteroatoms. The molecule has 0 spiro atoms. The lowest BCUT2D eigenvalue weighted by Crippen LogP contribution is -1.92. The molecule has 3 nitrogen and oxygen atoms in total. The fraction of sp³-hybridized carbons (Fsp3) is 0.333. The van der Waals surface area contributed by atoms with Gasteiger partial charge in [0.05, 0.1) is 0 Å². The molecule has 0 atom stereocenters. The van der Waals surface area contributed by atoms with Crippen molar-refractivity contribution in [3.8, 4) is 6.07 Å². The number of alkyl halides is 2. The summed E-state index contributed by atoms with van der Waals surface area (Å²) in [6, 6.07) is 1.57. The van der Waals surface area contributed by atoms with E-state index in [9.17, 15) is 8.78 Å². The van der Waals surface area contributed by atoms with Crippen molar-refractivity contribution in [1.82, 2.24) is 9.78 Å². The fourth-order valence-corrected chi connectivity index (χ4v) is 0.956. The maximum Gasteiger partial charge on any atom is 0.283 e. The van der Waals surface area contributed by atoms with Gasteiger partial charge in [0.2, 0.25) is 0 Å². The highest BCUT2D eigenvalue weighted by atomic mass is 35.5. The minimum atomic E-state index is -2.77. The van der Waals surface area contributed by atoms with Crippen molar-refractivity contribution in [2.24, 2.45) is 7.05 Å². The van der Waals surface area contributed by atoms with E-state index in [1.807, 2.05) is 0 Å². The van der Waals surface area contributed by atoms with E-state index in [1.165, 1.54) is 7.05 Å². The molecular formula is C6H4ClF2N3. The van der Waals surface area contributed by atoms with Crippen LogP contribution >= 0.6 is 11.6 Å². The third kappa shape index (κ3) is 1.25. The Kier molecular flexibility index (Phi) is 2.29. The van der Waals surface area contributed by atoms with Crippen molar-refractivity contribution in [3.05, 3.63) is 16.4 Å². The number of aryl methyl sites for hydroxylation is 1. The van der Waals surface area contributed by atoms with Gasteiger partial charge in [-0.05, 0) is 0 Å². The minimum Gasteiger partial charge on any atom is -0.255 e. The second-order valence-corrected chi connectivity index (χ2v) is 2.45. The van der Waals surface area contributed by atoms with Crippen LogP contribution in [0.15, 0.2) is 0 Å². The number of nitrogens with zero attached hydrogens (tertiary/aromatic N) is 3. The van der Waals surface area contributed by atoms with Crippen molar-refractivity contribution >= 4 is 11.6 Å². The third-order valence-corrected chi connectivity index (χ3v) is 1.76. The molecule has 64 valence electrons. The van der Waals surface area contributed by atoms with E-state index in [1.54, 1.807) is 6.07 Å². The number of hydrogen-bond donors (Lipinski definition) is 0. The van der Waals surface area contributed by atoms with Gasteiger partial charge in [0, 0.05) is 7.05 Å². The van der Waals surface area contributed by atoms with E-state index in [2.05, 4.69) is 5.10 Å². The first-order chi connectivity index (χ1) is 5.57. The van der Waals surface area contributed by atoms with Crippen LogP contribution in [0.5, 0.6) is 0 Å². The molecule has 1 heterocycles. The van der Waals surface area contributed by atoms with E-state index < -0.39 is 12.1 Å². The predicted octanol–water partition coefficient (Wildman–Crippen LogP) is 1.88. The average Bonchev–Trinajstić information content (AvgIpc) is 2.29. The van der Waals surface area contributed by atoms with Gasteiger partial charge in [-0.3, -0.25) is 4.68 Å². The molecule has 0 aliphatic heterocycles. The van der Waals surface area contributed by atoms with Gasteiger partial charge in [-0.1, -0.05) is 11.6 Å². The van der Waals surface area contributed by atoms with E-state index >= 15 is 0 Å². The second kappa shape index (κ2) is 3.07. The lowest BCUT2D eigenvalue weighted by Gasteiger charge is -1.90. The Balaban J connectivity index is 3.32. The highest BCUT2D eigenvalue weighted by molar-refractivity contribution is 6.30. The molecule has 0 aliphatic rings. The first-order valence-electron chi connectivity index (χ1n) is 2.98. The van der Waals surface area contributed by atoms with Gasteiger partial charge in [0.15, 0.2) is 0 Å². The molecule has 0 radical (unpaired) electrons. The Morgan fingerprint density at radius 3 is 2.58 bits per heavy atom. The molecule has 0 fully saturated rings. The van der Waals surface area contributed by atoms with Crippen molar-refractivity contribution in [2.75, 3.05) is 0 Å². The number of hydrogen-bond acceptors (Lipinski definition) is 2. The largest absolute Gasteiger partial charge is 0.283 e. The number of nitriles is 1. The highest BCUT2D eigenvalue weighted by Crippen LogP contribution is 2.26. The van der Waals surface area contributed by atoms with Crippen LogP contribution in [-0.4, -0.2) is 9.78 Å². The fourth-order valence-electron chi connectivity index (χ4n) is 0.779. The zero-order chi connectivity index (χ0) is 9.30. The Hall–Kier alpha value is -1.15. The van der Waals surface area contributed by atoms with Crippen LogP contribution in [0.1, 0.15) is 17.7 Å². The van der Waals surface area contributed by atoms with Gasteiger partial charge in [-0.25, -0.2) is 8.78 Å². The maximum atomic E-state index is 12.1.